The van der Waals surface area contributed by atoms with Gasteiger partial charge < -0.3 is 14.7 Å². The number of benzene rings is 1. The van der Waals surface area contributed by atoms with Gasteiger partial charge in [-0.1, -0.05) is 24.3 Å². The lowest BCUT2D eigenvalue weighted by Gasteiger charge is -2.44. The number of esters is 1. The van der Waals surface area contributed by atoms with E-state index in [9.17, 15) is 9.90 Å². The van der Waals surface area contributed by atoms with Crippen molar-refractivity contribution in [3.63, 3.8) is 0 Å². The van der Waals surface area contributed by atoms with Gasteiger partial charge >= 0.3 is 5.97 Å². The van der Waals surface area contributed by atoms with E-state index < -0.39 is 6.10 Å². The van der Waals surface area contributed by atoms with E-state index in [4.69, 9.17) is 4.74 Å². The third-order valence-corrected chi connectivity index (χ3v) is 4.67. The van der Waals surface area contributed by atoms with Crippen molar-refractivity contribution >= 4 is 5.97 Å². The van der Waals surface area contributed by atoms with Gasteiger partial charge in [-0.15, -0.1) is 0 Å². The van der Waals surface area contributed by atoms with Crippen molar-refractivity contribution in [3.8, 4) is 0 Å². The van der Waals surface area contributed by atoms with E-state index in [0.29, 0.717) is 12.0 Å². The first kappa shape index (κ1) is 12.0. The lowest BCUT2D eigenvalue weighted by atomic mass is 9.83. The van der Waals surface area contributed by atoms with Gasteiger partial charge in [-0.3, -0.25) is 0 Å². The normalized spacial score (nSPS) is 31.6. The maximum Gasteiger partial charge on any atom is 0.339 e. The molecular weight excluding hydrogens is 254 g/mol. The van der Waals surface area contributed by atoms with E-state index in [2.05, 4.69) is 23.1 Å². The molecule has 3 heterocycles. The molecule has 0 spiro atoms. The maximum atomic E-state index is 11.9. The molecule has 3 aliphatic rings. The Kier molecular flexibility index (Phi) is 2.45. The summed E-state index contributed by atoms with van der Waals surface area (Å²) in [5.41, 5.74) is 4.00. The molecule has 20 heavy (non-hydrogen) atoms. The van der Waals surface area contributed by atoms with Gasteiger partial charge in [0.25, 0.3) is 0 Å². The second-order valence-electron chi connectivity index (χ2n) is 5.76. The van der Waals surface area contributed by atoms with E-state index in [-0.39, 0.29) is 18.1 Å². The highest BCUT2D eigenvalue weighted by Crippen LogP contribution is 2.44. The first-order valence-corrected chi connectivity index (χ1v) is 7.14. The number of hydrogen-bond donors (Lipinski definition) is 1. The Morgan fingerprint density at radius 3 is 3.00 bits per heavy atom. The van der Waals surface area contributed by atoms with Crippen LogP contribution in [0.25, 0.3) is 0 Å². The zero-order valence-corrected chi connectivity index (χ0v) is 11.4. The Labute approximate surface area is 117 Å². The third-order valence-electron chi connectivity index (χ3n) is 4.67. The highest BCUT2D eigenvalue weighted by molar-refractivity contribution is 5.93. The monoisotopic (exact) mass is 271 g/mol. The van der Waals surface area contributed by atoms with Crippen LogP contribution in [0.5, 0.6) is 0 Å². The van der Waals surface area contributed by atoms with Gasteiger partial charge in [0.2, 0.25) is 0 Å². The third kappa shape index (κ3) is 1.48. The van der Waals surface area contributed by atoms with Crippen molar-refractivity contribution in [1.29, 1.82) is 0 Å². The number of carbonyl (C=O) groups excluding carboxylic acids is 1. The Morgan fingerprint density at radius 2 is 2.15 bits per heavy atom. The van der Waals surface area contributed by atoms with Crippen molar-refractivity contribution in [1.82, 2.24) is 4.90 Å². The first-order valence-electron chi connectivity index (χ1n) is 7.14. The number of cyclic esters (lactones) is 1. The van der Waals surface area contributed by atoms with Crippen LogP contribution in [-0.2, 0) is 16.0 Å². The van der Waals surface area contributed by atoms with E-state index in [1.54, 1.807) is 0 Å². The van der Waals surface area contributed by atoms with Crippen molar-refractivity contribution < 1.29 is 14.6 Å². The topological polar surface area (TPSA) is 49.8 Å². The molecule has 0 radical (unpaired) electrons. The number of carbonyl (C=O) groups is 1. The molecule has 0 fully saturated rings. The van der Waals surface area contributed by atoms with Crippen LogP contribution in [0.3, 0.4) is 0 Å². The van der Waals surface area contributed by atoms with Gasteiger partial charge in [-0.2, -0.15) is 0 Å². The molecule has 1 N–H and O–H groups in total. The molecule has 4 heteroatoms. The van der Waals surface area contributed by atoms with Gasteiger partial charge in [0.15, 0.2) is 0 Å². The van der Waals surface area contributed by atoms with Gasteiger partial charge in [-0.25, -0.2) is 4.79 Å². The largest absolute Gasteiger partial charge is 0.453 e. The van der Waals surface area contributed by atoms with Gasteiger partial charge in [0, 0.05) is 13.0 Å². The first-order chi connectivity index (χ1) is 9.66. The fourth-order valence-electron chi connectivity index (χ4n) is 3.82. The molecule has 4 rings (SSSR count). The number of fused-ring (bicyclic) bond motifs is 4. The van der Waals surface area contributed by atoms with Crippen LogP contribution in [0.1, 0.15) is 30.5 Å². The summed E-state index contributed by atoms with van der Waals surface area (Å²) in [6.45, 7) is 2.77. The molecule has 104 valence electrons. The van der Waals surface area contributed by atoms with Gasteiger partial charge in [-0.05, 0) is 24.5 Å². The molecule has 3 aliphatic heterocycles. The van der Waals surface area contributed by atoms with Crippen LogP contribution in [-0.4, -0.2) is 34.7 Å². The van der Waals surface area contributed by atoms with Gasteiger partial charge in [0.05, 0.1) is 23.4 Å². The summed E-state index contributed by atoms with van der Waals surface area (Å²) in [6, 6.07) is 8.54. The Bertz CT molecular complexity index is 622. The average Bonchev–Trinajstić information content (AvgIpc) is 2.75. The standard InChI is InChI=1S/C16H17NO3/c1-9-15-14(16(19)20-9)13(18)8-12-11-5-3-2-4-10(11)6-7-17(12)15/h2-5,9,12-13,18H,6-8H2,1H3/t9-,12?,13?/m0/s1. The molecule has 2 unspecified atom stereocenters. The van der Waals surface area contributed by atoms with Crippen LogP contribution >= 0.6 is 0 Å². The average molecular weight is 271 g/mol. The number of nitrogens with zero attached hydrogens (tertiary/aromatic N) is 1. The highest BCUT2D eigenvalue weighted by Gasteiger charge is 2.46. The SMILES string of the molecule is C[C@@H]1OC(=O)C2=C1N1CCc3ccccc3C1CC2O. The smallest absolute Gasteiger partial charge is 0.339 e. The van der Waals surface area contributed by atoms with E-state index in [0.717, 1.165) is 18.7 Å². The van der Waals surface area contributed by atoms with Gasteiger partial charge in [0.1, 0.15) is 6.10 Å². The minimum atomic E-state index is -0.713. The molecule has 1 aromatic rings. The van der Waals surface area contributed by atoms with Crippen LogP contribution in [0.2, 0.25) is 0 Å². The molecule has 1 aromatic carbocycles. The van der Waals surface area contributed by atoms with E-state index in [1.807, 2.05) is 13.0 Å². The summed E-state index contributed by atoms with van der Waals surface area (Å²) in [5.74, 6) is -0.350. The molecule has 0 saturated heterocycles. The molecule has 0 aliphatic carbocycles. The fourth-order valence-corrected chi connectivity index (χ4v) is 3.82. The molecule has 0 bridgehead atoms. The quantitative estimate of drug-likeness (QED) is 0.727. The number of ether oxygens (including phenoxy) is 1. The second-order valence-corrected chi connectivity index (χ2v) is 5.76. The summed E-state index contributed by atoms with van der Waals surface area (Å²) in [6.07, 6.45) is 0.577. The predicted molar refractivity (Wildman–Crippen MR) is 72.8 cm³/mol. The zero-order chi connectivity index (χ0) is 13.9. The summed E-state index contributed by atoms with van der Waals surface area (Å²) in [5, 5.41) is 10.3. The van der Waals surface area contributed by atoms with E-state index in [1.165, 1.54) is 11.1 Å². The molecular formula is C16H17NO3. The summed E-state index contributed by atoms with van der Waals surface area (Å²) >= 11 is 0. The summed E-state index contributed by atoms with van der Waals surface area (Å²) < 4.78 is 5.30. The molecule has 0 aromatic heterocycles. The van der Waals surface area contributed by atoms with Crippen LogP contribution in [0.15, 0.2) is 35.5 Å². The van der Waals surface area contributed by atoms with Crippen molar-refractivity contribution in [2.24, 2.45) is 0 Å². The minimum Gasteiger partial charge on any atom is -0.453 e. The number of rotatable bonds is 0. The molecule has 0 saturated carbocycles. The molecule has 0 amide bonds. The van der Waals surface area contributed by atoms with Crippen LogP contribution in [0.4, 0.5) is 0 Å². The van der Waals surface area contributed by atoms with Crippen molar-refractivity contribution in [3.05, 3.63) is 46.7 Å². The summed E-state index contributed by atoms with van der Waals surface area (Å²) in [7, 11) is 0. The Hall–Kier alpha value is -1.81. The zero-order valence-electron chi connectivity index (χ0n) is 11.4. The molecule has 4 nitrogen and oxygen atoms in total. The molecule has 3 atom stereocenters. The maximum absolute atomic E-state index is 11.9. The Morgan fingerprint density at radius 1 is 1.35 bits per heavy atom. The number of hydrogen-bond acceptors (Lipinski definition) is 4. The Balaban J connectivity index is 1.84. The van der Waals surface area contributed by atoms with Crippen LogP contribution in [0, 0.1) is 0 Å². The summed E-state index contributed by atoms with van der Waals surface area (Å²) in [4.78, 5) is 14.1. The van der Waals surface area contributed by atoms with Crippen molar-refractivity contribution in [2.75, 3.05) is 6.54 Å². The highest BCUT2D eigenvalue weighted by atomic mass is 16.5. The lowest BCUT2D eigenvalue weighted by Crippen LogP contribution is -2.43. The van der Waals surface area contributed by atoms with Crippen LogP contribution < -0.4 is 0 Å². The fraction of sp³-hybridized carbons (Fsp3) is 0.438. The van der Waals surface area contributed by atoms with E-state index >= 15 is 0 Å². The number of aliphatic hydroxyl groups excluding tert-OH is 1. The van der Waals surface area contributed by atoms with Crippen molar-refractivity contribution in [2.45, 2.75) is 38.0 Å². The predicted octanol–water partition coefficient (Wildman–Crippen LogP) is 1.55. The minimum absolute atomic E-state index is 0.158. The lowest BCUT2D eigenvalue weighted by molar-refractivity contribution is -0.140. The number of aliphatic hydroxyl groups is 1. The second kappa shape index (κ2) is 4.09.